The fourth-order valence-corrected chi connectivity index (χ4v) is 3.33. The average molecular weight is 388 g/mol. The van der Waals surface area contributed by atoms with E-state index in [0.717, 1.165) is 39.3 Å². The maximum atomic E-state index is 12.4. The monoisotopic (exact) mass is 387 g/mol. The average Bonchev–Trinajstić information content (AvgIpc) is 2.76. The molecule has 6 nitrogen and oxygen atoms in total. The van der Waals surface area contributed by atoms with E-state index < -0.39 is 0 Å². The van der Waals surface area contributed by atoms with Crippen LogP contribution in [0.25, 0.3) is 0 Å². The third-order valence-electron chi connectivity index (χ3n) is 4.63. The lowest BCUT2D eigenvalue weighted by Gasteiger charge is -2.36. The number of nitrogens with zero attached hydrogens (tertiary/aromatic N) is 3. The molecular weight excluding hydrogens is 362 g/mol. The number of rotatable bonds is 2. The van der Waals surface area contributed by atoms with E-state index >= 15 is 0 Å². The number of aromatic nitrogens is 1. The highest BCUT2D eigenvalue weighted by Gasteiger charge is 2.23. The molecule has 0 spiro atoms. The summed E-state index contributed by atoms with van der Waals surface area (Å²) in [5, 5.41) is 6.72. The van der Waals surface area contributed by atoms with Crippen LogP contribution in [0.2, 0.25) is 5.15 Å². The van der Waals surface area contributed by atoms with Crippen molar-refractivity contribution in [3.63, 3.8) is 0 Å². The highest BCUT2D eigenvalue weighted by molar-refractivity contribution is 6.32. The molecule has 0 unspecified atom stereocenters. The SMILES string of the molecule is C1CNCCN1.O=C(c1cccnc1Cl)N1CCN(c2ccccc2)CC1. The number of carbonyl (C=O) groups is 1. The van der Waals surface area contributed by atoms with Crippen LogP contribution in [0.1, 0.15) is 10.4 Å². The Morgan fingerprint density at radius 1 is 0.889 bits per heavy atom. The zero-order valence-corrected chi connectivity index (χ0v) is 16.2. The lowest BCUT2D eigenvalue weighted by Crippen LogP contribution is -2.48. The second-order valence-electron chi connectivity index (χ2n) is 6.46. The third-order valence-corrected chi connectivity index (χ3v) is 4.94. The molecule has 3 heterocycles. The smallest absolute Gasteiger partial charge is 0.257 e. The summed E-state index contributed by atoms with van der Waals surface area (Å²) in [4.78, 5) is 20.5. The number of nitrogens with one attached hydrogen (secondary N) is 2. The number of pyridine rings is 1. The predicted molar refractivity (Wildman–Crippen MR) is 110 cm³/mol. The molecule has 2 aliphatic heterocycles. The standard InChI is InChI=1S/C16H16ClN3O.C4H10N2/c17-15-14(7-4-8-18-15)16(21)20-11-9-19(10-12-20)13-5-2-1-3-6-13;1-2-6-4-3-5-1/h1-8H,9-12H2;5-6H,1-4H2. The molecule has 1 aromatic carbocycles. The van der Waals surface area contributed by atoms with Gasteiger partial charge in [-0.1, -0.05) is 29.8 Å². The molecule has 2 saturated heterocycles. The lowest BCUT2D eigenvalue weighted by atomic mass is 10.2. The molecule has 1 amide bonds. The topological polar surface area (TPSA) is 60.5 Å². The van der Waals surface area contributed by atoms with Crippen LogP contribution in [-0.2, 0) is 0 Å². The van der Waals surface area contributed by atoms with Gasteiger partial charge in [0.1, 0.15) is 5.15 Å². The van der Waals surface area contributed by atoms with Crippen LogP contribution in [0.4, 0.5) is 5.69 Å². The summed E-state index contributed by atoms with van der Waals surface area (Å²) in [5.41, 5.74) is 1.68. The van der Waals surface area contributed by atoms with E-state index in [-0.39, 0.29) is 11.1 Å². The fraction of sp³-hybridized carbons (Fsp3) is 0.400. The summed E-state index contributed by atoms with van der Waals surface area (Å²) in [6.07, 6.45) is 1.59. The van der Waals surface area contributed by atoms with Crippen molar-refractivity contribution in [1.82, 2.24) is 20.5 Å². The van der Waals surface area contributed by atoms with Crippen LogP contribution in [0.3, 0.4) is 0 Å². The predicted octanol–water partition coefficient (Wildman–Crippen LogP) is 1.88. The minimum Gasteiger partial charge on any atom is -0.368 e. The van der Waals surface area contributed by atoms with Crippen LogP contribution in [0.15, 0.2) is 48.7 Å². The number of piperazine rings is 2. The Hall–Kier alpha value is -2.15. The molecular formula is C20H26ClN5O. The largest absolute Gasteiger partial charge is 0.368 e. The fourth-order valence-electron chi connectivity index (χ4n) is 3.13. The molecule has 0 aliphatic carbocycles. The van der Waals surface area contributed by atoms with Gasteiger partial charge >= 0.3 is 0 Å². The second kappa shape index (κ2) is 10.3. The van der Waals surface area contributed by atoms with Gasteiger partial charge in [0.2, 0.25) is 0 Å². The zero-order valence-electron chi connectivity index (χ0n) is 15.4. The van der Waals surface area contributed by atoms with Gasteiger partial charge in [-0.2, -0.15) is 0 Å². The molecule has 2 fully saturated rings. The normalized spacial score (nSPS) is 17.1. The number of benzene rings is 1. The van der Waals surface area contributed by atoms with E-state index in [0.29, 0.717) is 18.7 Å². The molecule has 27 heavy (non-hydrogen) atoms. The van der Waals surface area contributed by atoms with Gasteiger partial charge in [0, 0.05) is 64.2 Å². The second-order valence-corrected chi connectivity index (χ2v) is 6.81. The molecule has 2 N–H and O–H groups in total. The maximum Gasteiger partial charge on any atom is 0.257 e. The molecule has 0 radical (unpaired) electrons. The van der Waals surface area contributed by atoms with E-state index in [1.54, 1.807) is 18.3 Å². The Morgan fingerprint density at radius 2 is 1.52 bits per heavy atom. The van der Waals surface area contributed by atoms with Crippen LogP contribution in [0, 0.1) is 0 Å². The van der Waals surface area contributed by atoms with Crippen molar-refractivity contribution in [2.45, 2.75) is 0 Å². The highest BCUT2D eigenvalue weighted by Crippen LogP contribution is 2.19. The molecule has 2 aliphatic rings. The van der Waals surface area contributed by atoms with Crippen molar-refractivity contribution in [2.75, 3.05) is 57.3 Å². The van der Waals surface area contributed by atoms with Crippen molar-refractivity contribution in [1.29, 1.82) is 0 Å². The number of anilines is 1. The number of para-hydroxylation sites is 1. The first kappa shape index (κ1) is 19.6. The van der Waals surface area contributed by atoms with Gasteiger partial charge in [-0.15, -0.1) is 0 Å². The summed E-state index contributed by atoms with van der Waals surface area (Å²) >= 11 is 5.99. The van der Waals surface area contributed by atoms with Crippen molar-refractivity contribution < 1.29 is 4.79 Å². The Bertz CT molecular complexity index is 704. The minimum atomic E-state index is -0.0409. The number of carbonyl (C=O) groups excluding carboxylic acids is 1. The zero-order chi connectivity index (χ0) is 18.9. The summed E-state index contributed by atoms with van der Waals surface area (Å²) in [7, 11) is 0. The number of amides is 1. The van der Waals surface area contributed by atoms with E-state index in [2.05, 4.69) is 32.7 Å². The first-order valence-corrected chi connectivity index (χ1v) is 9.75. The molecule has 2 aromatic rings. The molecule has 0 atom stereocenters. The third kappa shape index (κ3) is 5.66. The van der Waals surface area contributed by atoms with Gasteiger partial charge in [-0.3, -0.25) is 4.79 Å². The quantitative estimate of drug-likeness (QED) is 0.770. The minimum absolute atomic E-state index is 0.0409. The van der Waals surface area contributed by atoms with Crippen molar-refractivity contribution in [3.05, 3.63) is 59.4 Å². The van der Waals surface area contributed by atoms with E-state index in [4.69, 9.17) is 11.6 Å². The summed E-state index contributed by atoms with van der Waals surface area (Å²) < 4.78 is 0. The van der Waals surface area contributed by atoms with E-state index in [9.17, 15) is 4.79 Å². The molecule has 144 valence electrons. The number of halogens is 1. The molecule has 0 saturated carbocycles. The number of hydrogen-bond acceptors (Lipinski definition) is 5. The van der Waals surface area contributed by atoms with Gasteiger partial charge in [0.25, 0.3) is 5.91 Å². The van der Waals surface area contributed by atoms with Gasteiger partial charge in [0.15, 0.2) is 0 Å². The summed E-state index contributed by atoms with van der Waals surface area (Å²) in [6, 6.07) is 13.7. The first-order chi connectivity index (χ1) is 13.3. The van der Waals surface area contributed by atoms with Crippen LogP contribution in [-0.4, -0.2) is 68.1 Å². The van der Waals surface area contributed by atoms with Crippen molar-refractivity contribution in [2.24, 2.45) is 0 Å². The molecule has 4 rings (SSSR count). The Labute approximate surface area is 165 Å². The van der Waals surface area contributed by atoms with Gasteiger partial charge in [-0.05, 0) is 24.3 Å². The van der Waals surface area contributed by atoms with Crippen molar-refractivity contribution >= 4 is 23.2 Å². The van der Waals surface area contributed by atoms with Gasteiger partial charge < -0.3 is 20.4 Å². The molecule has 1 aromatic heterocycles. The summed E-state index contributed by atoms with van der Waals surface area (Å²) in [6.45, 7) is 7.60. The Kier molecular flexibility index (Phi) is 7.45. The lowest BCUT2D eigenvalue weighted by molar-refractivity contribution is 0.0746. The first-order valence-electron chi connectivity index (χ1n) is 9.37. The Balaban J connectivity index is 0.000000299. The van der Waals surface area contributed by atoms with E-state index in [1.807, 2.05) is 23.1 Å². The van der Waals surface area contributed by atoms with Gasteiger partial charge in [-0.25, -0.2) is 4.98 Å². The highest BCUT2D eigenvalue weighted by atomic mass is 35.5. The van der Waals surface area contributed by atoms with Crippen LogP contribution < -0.4 is 15.5 Å². The van der Waals surface area contributed by atoms with Crippen LogP contribution in [0.5, 0.6) is 0 Å². The summed E-state index contributed by atoms with van der Waals surface area (Å²) in [5.74, 6) is -0.0409. The number of hydrogen-bond donors (Lipinski definition) is 2. The van der Waals surface area contributed by atoms with E-state index in [1.165, 1.54) is 5.69 Å². The van der Waals surface area contributed by atoms with Gasteiger partial charge in [0.05, 0.1) is 5.56 Å². The Morgan fingerprint density at radius 3 is 2.07 bits per heavy atom. The van der Waals surface area contributed by atoms with Crippen LogP contribution >= 0.6 is 11.6 Å². The molecule has 0 bridgehead atoms. The molecule has 7 heteroatoms. The van der Waals surface area contributed by atoms with Crippen molar-refractivity contribution in [3.8, 4) is 0 Å². The maximum absolute atomic E-state index is 12.4.